The van der Waals surface area contributed by atoms with Gasteiger partial charge in [0.05, 0.1) is 18.3 Å². The second-order valence-electron chi connectivity index (χ2n) is 4.63. The summed E-state index contributed by atoms with van der Waals surface area (Å²) < 4.78 is 7.34. The second-order valence-corrected chi connectivity index (χ2v) is 4.63. The van der Waals surface area contributed by atoms with Crippen molar-refractivity contribution in [2.45, 2.75) is 13.5 Å². The first-order valence-corrected chi connectivity index (χ1v) is 6.40. The van der Waals surface area contributed by atoms with Crippen molar-refractivity contribution < 1.29 is 9.21 Å². The molecule has 0 fully saturated rings. The Balaban J connectivity index is 1.81. The number of aromatic nitrogens is 2. The summed E-state index contributed by atoms with van der Waals surface area (Å²) in [6.07, 6.45) is 3.65. The fourth-order valence-electron chi connectivity index (χ4n) is 2.03. The SMILES string of the molecule is CC(=O)c1ccc(-c2cnn(Cc3ccccc3)c2)o1. The van der Waals surface area contributed by atoms with Crippen molar-refractivity contribution in [1.82, 2.24) is 9.78 Å². The van der Waals surface area contributed by atoms with Crippen molar-refractivity contribution in [2.24, 2.45) is 0 Å². The summed E-state index contributed by atoms with van der Waals surface area (Å²) in [7, 11) is 0. The number of hydrogen-bond acceptors (Lipinski definition) is 3. The lowest BCUT2D eigenvalue weighted by Crippen LogP contribution is -1.99. The Labute approximate surface area is 116 Å². The van der Waals surface area contributed by atoms with Crippen LogP contribution in [0.5, 0.6) is 0 Å². The Bertz CT molecular complexity index is 726. The number of furan rings is 1. The predicted octanol–water partition coefficient (Wildman–Crippen LogP) is 3.39. The summed E-state index contributed by atoms with van der Waals surface area (Å²) >= 11 is 0. The lowest BCUT2D eigenvalue weighted by atomic mass is 10.2. The van der Waals surface area contributed by atoms with E-state index in [0.29, 0.717) is 18.1 Å². The van der Waals surface area contributed by atoms with Gasteiger partial charge < -0.3 is 4.42 Å². The molecule has 0 aliphatic carbocycles. The molecular weight excluding hydrogens is 252 g/mol. The molecule has 0 N–H and O–H groups in total. The summed E-state index contributed by atoms with van der Waals surface area (Å²) in [6, 6.07) is 13.6. The van der Waals surface area contributed by atoms with E-state index < -0.39 is 0 Å². The van der Waals surface area contributed by atoms with Gasteiger partial charge in [-0.1, -0.05) is 30.3 Å². The van der Waals surface area contributed by atoms with E-state index in [2.05, 4.69) is 17.2 Å². The molecule has 20 heavy (non-hydrogen) atoms. The second kappa shape index (κ2) is 5.17. The van der Waals surface area contributed by atoms with Crippen LogP contribution in [0.4, 0.5) is 0 Å². The van der Waals surface area contributed by atoms with Gasteiger partial charge in [-0.25, -0.2) is 0 Å². The van der Waals surface area contributed by atoms with Gasteiger partial charge in [-0.05, 0) is 17.7 Å². The van der Waals surface area contributed by atoms with Crippen LogP contribution >= 0.6 is 0 Å². The number of Topliss-reactive ketones (excluding diaryl/α,β-unsaturated/α-hetero) is 1. The van der Waals surface area contributed by atoms with E-state index in [-0.39, 0.29) is 5.78 Å². The summed E-state index contributed by atoms with van der Waals surface area (Å²) in [5.74, 6) is 0.957. The molecule has 0 atom stereocenters. The van der Waals surface area contributed by atoms with Crippen LogP contribution in [0.15, 0.2) is 59.3 Å². The predicted molar refractivity (Wildman–Crippen MR) is 75.5 cm³/mol. The third-order valence-corrected chi connectivity index (χ3v) is 3.06. The molecule has 0 aliphatic rings. The molecule has 2 aromatic heterocycles. The van der Waals surface area contributed by atoms with Crippen LogP contribution in [0.1, 0.15) is 23.0 Å². The average Bonchev–Trinajstić information content (AvgIpc) is 3.08. The van der Waals surface area contributed by atoms with Gasteiger partial charge in [-0.3, -0.25) is 9.48 Å². The molecule has 0 saturated carbocycles. The summed E-state index contributed by atoms with van der Waals surface area (Å²) in [5, 5.41) is 4.31. The first-order valence-electron chi connectivity index (χ1n) is 6.40. The Morgan fingerprint density at radius 3 is 2.70 bits per heavy atom. The van der Waals surface area contributed by atoms with E-state index in [1.807, 2.05) is 29.1 Å². The summed E-state index contributed by atoms with van der Waals surface area (Å²) in [5.41, 5.74) is 2.06. The quantitative estimate of drug-likeness (QED) is 0.680. The molecule has 0 amide bonds. The molecule has 0 saturated heterocycles. The molecular formula is C16H14N2O2. The first kappa shape index (κ1) is 12.4. The molecule has 4 heteroatoms. The zero-order valence-electron chi connectivity index (χ0n) is 11.1. The van der Waals surface area contributed by atoms with Crippen LogP contribution in [0, 0.1) is 0 Å². The number of carbonyl (C=O) groups is 1. The van der Waals surface area contributed by atoms with Gasteiger partial charge in [0.15, 0.2) is 11.5 Å². The topological polar surface area (TPSA) is 48.0 Å². The molecule has 0 spiro atoms. The fraction of sp³-hybridized carbons (Fsp3) is 0.125. The van der Waals surface area contributed by atoms with E-state index >= 15 is 0 Å². The molecule has 0 unspecified atom stereocenters. The average molecular weight is 266 g/mol. The maximum absolute atomic E-state index is 11.2. The lowest BCUT2D eigenvalue weighted by molar-refractivity contribution is 0.0988. The maximum Gasteiger partial charge on any atom is 0.194 e. The first-order chi connectivity index (χ1) is 9.72. The third kappa shape index (κ3) is 2.54. The molecule has 0 bridgehead atoms. The molecule has 0 radical (unpaired) electrons. The number of nitrogens with zero attached hydrogens (tertiary/aromatic N) is 2. The van der Waals surface area contributed by atoms with Gasteiger partial charge in [0.25, 0.3) is 0 Å². The zero-order valence-corrected chi connectivity index (χ0v) is 11.1. The van der Waals surface area contributed by atoms with E-state index in [1.54, 1.807) is 18.3 Å². The Hall–Kier alpha value is -2.62. The van der Waals surface area contributed by atoms with Gasteiger partial charge in [-0.15, -0.1) is 0 Å². The molecule has 3 rings (SSSR count). The Kier molecular flexibility index (Phi) is 3.21. The summed E-state index contributed by atoms with van der Waals surface area (Å²) in [6.45, 7) is 2.20. The molecule has 2 heterocycles. The van der Waals surface area contributed by atoms with Crippen molar-refractivity contribution in [3.63, 3.8) is 0 Å². The minimum Gasteiger partial charge on any atom is -0.453 e. The number of benzene rings is 1. The van der Waals surface area contributed by atoms with Crippen molar-refractivity contribution in [2.75, 3.05) is 0 Å². The number of rotatable bonds is 4. The van der Waals surface area contributed by atoms with E-state index in [9.17, 15) is 4.79 Å². The standard InChI is InChI=1S/C16H14N2O2/c1-12(19)15-7-8-16(20-15)14-9-17-18(11-14)10-13-5-3-2-4-6-13/h2-9,11H,10H2,1H3. The number of carbonyl (C=O) groups excluding carboxylic acids is 1. The van der Waals surface area contributed by atoms with Gasteiger partial charge in [0.1, 0.15) is 5.76 Å². The molecule has 4 nitrogen and oxygen atoms in total. The van der Waals surface area contributed by atoms with Crippen LogP contribution in [0.3, 0.4) is 0 Å². The third-order valence-electron chi connectivity index (χ3n) is 3.06. The van der Waals surface area contributed by atoms with Gasteiger partial charge in [0.2, 0.25) is 0 Å². The highest BCUT2D eigenvalue weighted by molar-refractivity contribution is 5.91. The normalized spacial score (nSPS) is 10.7. The van der Waals surface area contributed by atoms with Crippen molar-refractivity contribution in [1.29, 1.82) is 0 Å². The number of ketones is 1. The minimum absolute atomic E-state index is 0.0760. The fourth-order valence-corrected chi connectivity index (χ4v) is 2.03. The van der Waals surface area contributed by atoms with Crippen LogP contribution in [-0.2, 0) is 6.54 Å². The monoisotopic (exact) mass is 266 g/mol. The molecule has 100 valence electrons. The molecule has 0 aliphatic heterocycles. The van der Waals surface area contributed by atoms with Crippen LogP contribution in [0.2, 0.25) is 0 Å². The largest absolute Gasteiger partial charge is 0.453 e. The Morgan fingerprint density at radius 1 is 1.20 bits per heavy atom. The highest BCUT2D eigenvalue weighted by Crippen LogP contribution is 2.22. The van der Waals surface area contributed by atoms with E-state index in [0.717, 1.165) is 5.56 Å². The Morgan fingerprint density at radius 2 is 2.00 bits per heavy atom. The smallest absolute Gasteiger partial charge is 0.194 e. The van der Waals surface area contributed by atoms with Crippen molar-refractivity contribution in [3.8, 4) is 11.3 Å². The molecule has 3 aromatic rings. The van der Waals surface area contributed by atoms with E-state index in [1.165, 1.54) is 12.5 Å². The maximum atomic E-state index is 11.2. The molecule has 1 aromatic carbocycles. The summed E-state index contributed by atoms with van der Waals surface area (Å²) in [4.78, 5) is 11.2. The van der Waals surface area contributed by atoms with Gasteiger partial charge in [-0.2, -0.15) is 5.10 Å². The van der Waals surface area contributed by atoms with Crippen LogP contribution in [0.25, 0.3) is 11.3 Å². The van der Waals surface area contributed by atoms with E-state index in [4.69, 9.17) is 4.42 Å². The van der Waals surface area contributed by atoms with Gasteiger partial charge in [0, 0.05) is 13.1 Å². The van der Waals surface area contributed by atoms with Crippen LogP contribution in [-0.4, -0.2) is 15.6 Å². The van der Waals surface area contributed by atoms with Crippen molar-refractivity contribution in [3.05, 3.63) is 66.2 Å². The van der Waals surface area contributed by atoms with Crippen molar-refractivity contribution >= 4 is 5.78 Å². The minimum atomic E-state index is -0.0760. The number of hydrogen-bond donors (Lipinski definition) is 0. The van der Waals surface area contributed by atoms with Gasteiger partial charge >= 0.3 is 0 Å². The van der Waals surface area contributed by atoms with Crippen LogP contribution < -0.4 is 0 Å². The lowest BCUT2D eigenvalue weighted by Gasteiger charge is -2.00. The highest BCUT2D eigenvalue weighted by atomic mass is 16.3. The zero-order chi connectivity index (χ0) is 13.9. The highest BCUT2D eigenvalue weighted by Gasteiger charge is 2.09.